The Morgan fingerprint density at radius 2 is 1.90 bits per heavy atom. The molecule has 1 aromatic rings. The van der Waals surface area contributed by atoms with E-state index in [1.165, 1.54) is 12.1 Å². The van der Waals surface area contributed by atoms with Crippen LogP contribution in [0.5, 0.6) is 0 Å². The summed E-state index contributed by atoms with van der Waals surface area (Å²) in [4.78, 5) is 12.4. The predicted octanol–water partition coefficient (Wildman–Crippen LogP) is 1.96. The van der Waals surface area contributed by atoms with Crippen molar-refractivity contribution in [2.24, 2.45) is 5.92 Å². The summed E-state index contributed by atoms with van der Waals surface area (Å²) in [5.41, 5.74) is 0. The number of carbonyl (C=O) groups is 1. The third-order valence-corrected chi connectivity index (χ3v) is 6.13. The van der Waals surface area contributed by atoms with Gasteiger partial charge in [0, 0.05) is 29.2 Å². The molecule has 1 aliphatic rings. The maximum Gasteiger partial charge on any atom is 0.175 e. The van der Waals surface area contributed by atoms with E-state index < -0.39 is 20.6 Å². The molecule has 0 saturated heterocycles. The molecule has 0 bridgehead atoms. The SMILES string of the molecule is CS(=O)(=O)c1ccc(S(=O)CCC2CCCC2=O)cc1. The van der Waals surface area contributed by atoms with Gasteiger partial charge in [0.05, 0.1) is 15.7 Å². The van der Waals surface area contributed by atoms with Crippen LogP contribution < -0.4 is 0 Å². The average Bonchev–Trinajstić information content (AvgIpc) is 2.81. The number of hydrogen-bond acceptors (Lipinski definition) is 4. The minimum absolute atomic E-state index is 0.0641. The van der Waals surface area contributed by atoms with Crippen molar-refractivity contribution in [3.05, 3.63) is 24.3 Å². The summed E-state index contributed by atoms with van der Waals surface area (Å²) >= 11 is 0. The number of carbonyl (C=O) groups excluding carboxylic acids is 1. The van der Waals surface area contributed by atoms with Crippen LogP contribution in [-0.4, -0.2) is 30.4 Å². The molecule has 2 atom stereocenters. The van der Waals surface area contributed by atoms with E-state index in [0.29, 0.717) is 23.5 Å². The third-order valence-electron chi connectivity index (χ3n) is 3.60. The van der Waals surface area contributed by atoms with Crippen LogP contribution in [0.15, 0.2) is 34.1 Å². The molecule has 1 fully saturated rings. The summed E-state index contributed by atoms with van der Waals surface area (Å²) in [5, 5.41) is 0. The quantitative estimate of drug-likeness (QED) is 0.833. The first-order valence-corrected chi connectivity index (χ1v) is 9.80. The van der Waals surface area contributed by atoms with Gasteiger partial charge >= 0.3 is 0 Å². The second kappa shape index (κ2) is 6.18. The Labute approximate surface area is 122 Å². The highest BCUT2D eigenvalue weighted by Crippen LogP contribution is 2.25. The Bertz CT molecular complexity index is 617. The molecule has 0 aliphatic heterocycles. The van der Waals surface area contributed by atoms with Gasteiger partial charge in [-0.15, -0.1) is 0 Å². The minimum atomic E-state index is -3.22. The van der Waals surface area contributed by atoms with Crippen LogP contribution in [-0.2, 0) is 25.4 Å². The van der Waals surface area contributed by atoms with Gasteiger partial charge < -0.3 is 0 Å². The first-order chi connectivity index (χ1) is 9.38. The monoisotopic (exact) mass is 314 g/mol. The standard InChI is InChI=1S/C14H18O4S2/c1-20(17,18)13-7-5-12(6-8-13)19(16)10-9-11-3-2-4-14(11)15/h5-8,11H,2-4,9-10H2,1H3. The molecule has 0 heterocycles. The second-order valence-corrected chi connectivity index (χ2v) is 8.72. The Hall–Kier alpha value is -1.01. The Balaban J connectivity index is 1.97. The predicted molar refractivity (Wildman–Crippen MR) is 77.8 cm³/mol. The molecule has 0 spiro atoms. The smallest absolute Gasteiger partial charge is 0.175 e. The molecule has 1 saturated carbocycles. The topological polar surface area (TPSA) is 68.3 Å². The lowest BCUT2D eigenvalue weighted by Crippen LogP contribution is -2.11. The van der Waals surface area contributed by atoms with Crippen molar-refractivity contribution in [3.8, 4) is 0 Å². The lowest BCUT2D eigenvalue weighted by Gasteiger charge is -2.08. The normalized spacial score (nSPS) is 21.1. The second-order valence-electron chi connectivity index (χ2n) is 5.14. The van der Waals surface area contributed by atoms with E-state index in [2.05, 4.69) is 0 Å². The molecule has 110 valence electrons. The zero-order valence-electron chi connectivity index (χ0n) is 11.4. The van der Waals surface area contributed by atoms with Crippen LogP contribution in [0.3, 0.4) is 0 Å². The van der Waals surface area contributed by atoms with Gasteiger partial charge in [-0.25, -0.2) is 8.42 Å². The van der Waals surface area contributed by atoms with E-state index in [1.807, 2.05) is 0 Å². The van der Waals surface area contributed by atoms with Gasteiger partial charge in [-0.3, -0.25) is 9.00 Å². The van der Waals surface area contributed by atoms with E-state index in [4.69, 9.17) is 0 Å². The van der Waals surface area contributed by atoms with E-state index in [-0.39, 0.29) is 16.6 Å². The molecule has 0 N–H and O–H groups in total. The number of Topliss-reactive ketones (excluding diaryl/α,β-unsaturated/α-hetero) is 1. The van der Waals surface area contributed by atoms with Crippen molar-refractivity contribution in [2.45, 2.75) is 35.5 Å². The fraction of sp³-hybridized carbons (Fsp3) is 0.500. The summed E-state index contributed by atoms with van der Waals surface area (Å²) in [5.74, 6) is 0.804. The summed E-state index contributed by atoms with van der Waals surface area (Å²) < 4.78 is 34.8. The van der Waals surface area contributed by atoms with Gasteiger partial charge in [-0.1, -0.05) is 0 Å². The van der Waals surface area contributed by atoms with Crippen molar-refractivity contribution >= 4 is 26.4 Å². The molecule has 2 rings (SSSR count). The molecule has 4 nitrogen and oxygen atoms in total. The minimum Gasteiger partial charge on any atom is -0.299 e. The first kappa shape index (κ1) is 15.4. The summed E-state index contributed by atoms with van der Waals surface area (Å²) in [7, 11) is -4.40. The molecule has 2 unspecified atom stereocenters. The van der Waals surface area contributed by atoms with Crippen LogP contribution in [0.4, 0.5) is 0 Å². The Morgan fingerprint density at radius 3 is 2.40 bits per heavy atom. The van der Waals surface area contributed by atoms with Crippen LogP contribution >= 0.6 is 0 Å². The summed E-state index contributed by atoms with van der Waals surface area (Å²) in [6.45, 7) is 0. The highest BCUT2D eigenvalue weighted by Gasteiger charge is 2.24. The maximum absolute atomic E-state index is 12.1. The zero-order valence-corrected chi connectivity index (χ0v) is 13.0. The van der Waals surface area contributed by atoms with Gasteiger partial charge in [-0.2, -0.15) is 0 Å². The lowest BCUT2D eigenvalue weighted by atomic mass is 10.1. The lowest BCUT2D eigenvalue weighted by molar-refractivity contribution is -0.120. The van der Waals surface area contributed by atoms with Gasteiger partial charge in [0.25, 0.3) is 0 Å². The molecule has 0 aromatic heterocycles. The molecule has 20 heavy (non-hydrogen) atoms. The Kier molecular flexibility index (Phi) is 4.75. The van der Waals surface area contributed by atoms with E-state index in [9.17, 15) is 17.4 Å². The third kappa shape index (κ3) is 3.76. The number of hydrogen-bond donors (Lipinski definition) is 0. The molecular weight excluding hydrogens is 296 g/mol. The molecule has 0 amide bonds. The van der Waals surface area contributed by atoms with Crippen molar-refractivity contribution in [1.82, 2.24) is 0 Å². The van der Waals surface area contributed by atoms with Crippen molar-refractivity contribution in [1.29, 1.82) is 0 Å². The van der Waals surface area contributed by atoms with Crippen LogP contribution in [0.25, 0.3) is 0 Å². The highest BCUT2D eigenvalue weighted by atomic mass is 32.2. The fourth-order valence-electron chi connectivity index (χ4n) is 2.40. The molecule has 6 heteroatoms. The fourth-order valence-corrected chi connectivity index (χ4v) is 4.20. The van der Waals surface area contributed by atoms with E-state index >= 15 is 0 Å². The largest absolute Gasteiger partial charge is 0.299 e. The van der Waals surface area contributed by atoms with Gasteiger partial charge in [0.2, 0.25) is 0 Å². The Morgan fingerprint density at radius 1 is 1.25 bits per heavy atom. The van der Waals surface area contributed by atoms with Crippen molar-refractivity contribution in [3.63, 3.8) is 0 Å². The average molecular weight is 314 g/mol. The van der Waals surface area contributed by atoms with Crippen molar-refractivity contribution in [2.75, 3.05) is 12.0 Å². The first-order valence-electron chi connectivity index (χ1n) is 6.59. The number of sulfone groups is 1. The van der Waals surface area contributed by atoms with Crippen molar-refractivity contribution < 1.29 is 17.4 Å². The van der Waals surface area contributed by atoms with Gasteiger partial charge in [-0.05, 0) is 43.5 Å². The molecule has 1 aliphatic carbocycles. The van der Waals surface area contributed by atoms with E-state index in [0.717, 1.165) is 19.1 Å². The highest BCUT2D eigenvalue weighted by molar-refractivity contribution is 7.90. The molecular formula is C14H18O4S2. The summed E-state index contributed by atoms with van der Waals surface area (Å²) in [6.07, 6.45) is 4.30. The molecule has 1 aromatic carbocycles. The number of ketones is 1. The van der Waals surface area contributed by atoms with Crippen LogP contribution in [0.2, 0.25) is 0 Å². The van der Waals surface area contributed by atoms with Crippen LogP contribution in [0.1, 0.15) is 25.7 Å². The van der Waals surface area contributed by atoms with Gasteiger partial charge in [0.15, 0.2) is 9.84 Å². The summed E-state index contributed by atoms with van der Waals surface area (Å²) in [6, 6.07) is 6.12. The zero-order chi connectivity index (χ0) is 14.8. The maximum atomic E-state index is 12.1. The van der Waals surface area contributed by atoms with E-state index in [1.54, 1.807) is 12.1 Å². The van der Waals surface area contributed by atoms with Crippen LogP contribution in [0, 0.1) is 5.92 Å². The van der Waals surface area contributed by atoms with Gasteiger partial charge in [0.1, 0.15) is 5.78 Å². The number of benzene rings is 1. The number of rotatable bonds is 5. The molecule has 0 radical (unpaired) electrons.